The fraction of sp³-hybridized carbons (Fsp3) is 0.796. The van der Waals surface area contributed by atoms with Crippen LogP contribution < -0.4 is 5.32 Å². The zero-order chi connectivity index (χ0) is 45.9. The highest BCUT2D eigenvalue weighted by Crippen LogP contribution is 2.23. The summed E-state index contributed by atoms with van der Waals surface area (Å²) >= 11 is 0. The number of allylic oxidation sites excluding steroid dienone is 10. The molecule has 7 unspecified atom stereocenters. The summed E-state index contributed by atoms with van der Waals surface area (Å²) in [5, 5.41) is 54.5. The molecular formula is C54H97NO8. The fourth-order valence-electron chi connectivity index (χ4n) is 8.01. The molecule has 9 heteroatoms. The van der Waals surface area contributed by atoms with Crippen LogP contribution in [0.5, 0.6) is 0 Å². The molecule has 0 radical (unpaired) electrons. The predicted molar refractivity (Wildman–Crippen MR) is 262 cm³/mol. The van der Waals surface area contributed by atoms with Crippen LogP contribution in [0.4, 0.5) is 0 Å². The Morgan fingerprint density at radius 3 is 1.46 bits per heavy atom. The monoisotopic (exact) mass is 888 g/mol. The molecular weight excluding hydrogens is 791 g/mol. The van der Waals surface area contributed by atoms with Crippen molar-refractivity contribution in [2.24, 2.45) is 0 Å². The Morgan fingerprint density at radius 2 is 0.984 bits per heavy atom. The number of amides is 1. The van der Waals surface area contributed by atoms with Crippen LogP contribution in [-0.4, -0.2) is 87.5 Å². The third-order valence-corrected chi connectivity index (χ3v) is 12.1. The average molecular weight is 888 g/mol. The molecule has 1 saturated heterocycles. The summed E-state index contributed by atoms with van der Waals surface area (Å²) in [6, 6.07) is -0.722. The first-order valence-electron chi connectivity index (χ1n) is 26.0. The highest BCUT2D eigenvalue weighted by molar-refractivity contribution is 5.76. The number of carbonyl (C=O) groups excluding carboxylic acids is 1. The standard InChI is InChI=1S/C54H97NO8/c1-3-5-7-9-11-13-15-17-18-19-20-21-22-23-24-25-26-27-28-29-30-32-34-36-38-40-42-44-50(58)55-47(46-62-54-53(61)52(60)51(59)49(45-56)63-54)48(57)43-41-39-37-35-33-31-16-14-12-10-8-6-4-2/h5,7,11,13,17-18,20-21,23-24,47-49,51-54,56-57,59-61H,3-4,6,8-10,12,14-16,19,22,25-46H2,1-2H3,(H,55,58)/b7-5-,13-11-,18-17-,21-20-,24-23-. The number of hydrogen-bond acceptors (Lipinski definition) is 8. The lowest BCUT2D eigenvalue weighted by atomic mass is 9.99. The van der Waals surface area contributed by atoms with E-state index in [-0.39, 0.29) is 12.5 Å². The summed E-state index contributed by atoms with van der Waals surface area (Å²) in [5.74, 6) is -0.150. The first-order chi connectivity index (χ1) is 30.8. The van der Waals surface area contributed by atoms with Gasteiger partial charge in [-0.25, -0.2) is 0 Å². The number of aliphatic hydroxyl groups excluding tert-OH is 5. The quantitative estimate of drug-likeness (QED) is 0.0262. The molecule has 63 heavy (non-hydrogen) atoms. The third-order valence-electron chi connectivity index (χ3n) is 12.1. The van der Waals surface area contributed by atoms with Crippen LogP contribution >= 0.6 is 0 Å². The number of nitrogens with one attached hydrogen (secondary N) is 1. The second-order valence-corrected chi connectivity index (χ2v) is 17.9. The number of unbranched alkanes of at least 4 members (excludes halogenated alkanes) is 23. The molecule has 1 heterocycles. The van der Waals surface area contributed by atoms with E-state index in [4.69, 9.17) is 9.47 Å². The van der Waals surface area contributed by atoms with Crippen molar-refractivity contribution in [2.75, 3.05) is 13.2 Å². The van der Waals surface area contributed by atoms with E-state index in [0.717, 1.165) is 70.6 Å². The summed E-state index contributed by atoms with van der Waals surface area (Å²) < 4.78 is 11.3. The van der Waals surface area contributed by atoms with Crippen molar-refractivity contribution in [3.63, 3.8) is 0 Å². The molecule has 0 aliphatic carbocycles. The van der Waals surface area contributed by atoms with E-state index in [1.54, 1.807) is 0 Å². The Morgan fingerprint density at radius 1 is 0.556 bits per heavy atom. The number of ether oxygens (including phenoxy) is 2. The lowest BCUT2D eigenvalue weighted by molar-refractivity contribution is -0.302. The highest BCUT2D eigenvalue weighted by Gasteiger charge is 2.44. The Balaban J connectivity index is 2.21. The van der Waals surface area contributed by atoms with Gasteiger partial charge < -0.3 is 40.3 Å². The van der Waals surface area contributed by atoms with E-state index >= 15 is 0 Å². The molecule has 7 atom stereocenters. The van der Waals surface area contributed by atoms with Crippen LogP contribution in [0.25, 0.3) is 0 Å². The predicted octanol–water partition coefficient (Wildman–Crippen LogP) is 12.0. The van der Waals surface area contributed by atoms with Gasteiger partial charge in [-0.3, -0.25) is 4.79 Å². The van der Waals surface area contributed by atoms with Gasteiger partial charge in [0.2, 0.25) is 5.91 Å². The van der Waals surface area contributed by atoms with Crippen LogP contribution in [0.2, 0.25) is 0 Å². The summed E-state index contributed by atoms with van der Waals surface area (Å²) in [6.07, 6.45) is 50.9. The van der Waals surface area contributed by atoms with E-state index in [1.807, 2.05) is 0 Å². The van der Waals surface area contributed by atoms with E-state index in [0.29, 0.717) is 12.8 Å². The first-order valence-corrected chi connectivity index (χ1v) is 26.0. The van der Waals surface area contributed by atoms with Gasteiger partial charge in [-0.1, -0.05) is 216 Å². The maximum atomic E-state index is 13.0. The summed E-state index contributed by atoms with van der Waals surface area (Å²) in [7, 11) is 0. The molecule has 9 nitrogen and oxygen atoms in total. The van der Waals surface area contributed by atoms with Gasteiger partial charge in [0.05, 0.1) is 25.4 Å². The summed E-state index contributed by atoms with van der Waals surface area (Å²) in [4.78, 5) is 13.0. The highest BCUT2D eigenvalue weighted by atomic mass is 16.7. The van der Waals surface area contributed by atoms with Gasteiger partial charge in [0, 0.05) is 6.42 Å². The van der Waals surface area contributed by atoms with Gasteiger partial charge in [-0.15, -0.1) is 0 Å². The molecule has 6 N–H and O–H groups in total. The van der Waals surface area contributed by atoms with Crippen molar-refractivity contribution in [1.82, 2.24) is 5.32 Å². The lowest BCUT2D eigenvalue weighted by Crippen LogP contribution is -2.60. The first kappa shape index (κ1) is 58.9. The van der Waals surface area contributed by atoms with Crippen molar-refractivity contribution in [3.05, 3.63) is 60.8 Å². The van der Waals surface area contributed by atoms with E-state index in [1.165, 1.54) is 122 Å². The Kier molecular flexibility index (Phi) is 40.9. The smallest absolute Gasteiger partial charge is 0.220 e. The van der Waals surface area contributed by atoms with Crippen molar-refractivity contribution >= 4 is 5.91 Å². The number of carbonyl (C=O) groups is 1. The van der Waals surface area contributed by atoms with Gasteiger partial charge in [0.25, 0.3) is 0 Å². The molecule has 1 fully saturated rings. The van der Waals surface area contributed by atoms with Gasteiger partial charge in [0.15, 0.2) is 6.29 Å². The molecule has 1 aliphatic heterocycles. The molecule has 1 aliphatic rings. The molecule has 0 aromatic heterocycles. The van der Waals surface area contributed by atoms with Crippen LogP contribution in [0.1, 0.15) is 219 Å². The van der Waals surface area contributed by atoms with Gasteiger partial charge >= 0.3 is 0 Å². The SMILES string of the molecule is CC/C=C\C/C=C\C/C=C\C/C=C\C/C=C\CCCCCCCCCCCCCC(=O)NC(COC1OC(CO)C(O)C(O)C1O)C(O)CCCCCCCCCCCCCCC. The molecule has 0 aromatic carbocycles. The molecule has 0 saturated carbocycles. The van der Waals surface area contributed by atoms with E-state index in [2.05, 4.69) is 79.9 Å². The maximum Gasteiger partial charge on any atom is 0.220 e. The molecule has 0 aromatic rings. The van der Waals surface area contributed by atoms with Crippen molar-refractivity contribution in [2.45, 2.75) is 262 Å². The minimum atomic E-state index is -1.55. The van der Waals surface area contributed by atoms with Crippen molar-refractivity contribution < 1.29 is 39.8 Å². The Hall–Kier alpha value is -2.11. The number of aliphatic hydroxyl groups is 5. The van der Waals surface area contributed by atoms with E-state index < -0.39 is 49.5 Å². The van der Waals surface area contributed by atoms with Crippen LogP contribution in [0, 0.1) is 0 Å². The minimum Gasteiger partial charge on any atom is -0.394 e. The zero-order valence-electron chi connectivity index (χ0n) is 40.3. The van der Waals surface area contributed by atoms with Crippen molar-refractivity contribution in [1.29, 1.82) is 0 Å². The molecule has 366 valence electrons. The van der Waals surface area contributed by atoms with E-state index in [9.17, 15) is 30.3 Å². The molecule has 1 rings (SSSR count). The second-order valence-electron chi connectivity index (χ2n) is 17.9. The maximum absolute atomic E-state index is 13.0. The zero-order valence-corrected chi connectivity index (χ0v) is 40.3. The largest absolute Gasteiger partial charge is 0.394 e. The van der Waals surface area contributed by atoms with Gasteiger partial charge in [-0.05, 0) is 57.8 Å². The fourth-order valence-corrected chi connectivity index (χ4v) is 8.01. The molecule has 0 bridgehead atoms. The average Bonchev–Trinajstić information content (AvgIpc) is 3.28. The third kappa shape index (κ3) is 33.9. The Bertz CT molecular complexity index is 1170. The van der Waals surface area contributed by atoms with Crippen LogP contribution in [0.3, 0.4) is 0 Å². The summed E-state index contributed by atoms with van der Waals surface area (Å²) in [6.45, 7) is 3.72. The van der Waals surface area contributed by atoms with Gasteiger partial charge in [0.1, 0.15) is 24.4 Å². The van der Waals surface area contributed by atoms with Crippen LogP contribution in [-0.2, 0) is 14.3 Å². The van der Waals surface area contributed by atoms with Crippen LogP contribution in [0.15, 0.2) is 60.8 Å². The normalized spacial score (nSPS) is 20.7. The summed E-state index contributed by atoms with van der Waals surface area (Å²) in [5.41, 5.74) is 0. The minimum absolute atomic E-state index is 0.141. The van der Waals surface area contributed by atoms with Gasteiger partial charge in [-0.2, -0.15) is 0 Å². The number of rotatable bonds is 43. The second kappa shape index (κ2) is 43.8. The molecule has 0 spiro atoms. The lowest BCUT2D eigenvalue weighted by Gasteiger charge is -2.40. The number of hydrogen-bond donors (Lipinski definition) is 6. The topological polar surface area (TPSA) is 149 Å². The molecule has 1 amide bonds. The van der Waals surface area contributed by atoms with Crippen molar-refractivity contribution in [3.8, 4) is 0 Å². The Labute approximate surface area is 386 Å².